The monoisotopic (exact) mass is 400 g/mol. The van der Waals surface area contributed by atoms with Gasteiger partial charge in [0, 0.05) is 30.1 Å². The van der Waals surface area contributed by atoms with Gasteiger partial charge in [0.1, 0.15) is 0 Å². The molecule has 0 saturated carbocycles. The molecular weight excluding hydrogens is 372 g/mol. The third kappa shape index (κ3) is 4.75. The average Bonchev–Trinajstić information content (AvgIpc) is 2.66. The van der Waals surface area contributed by atoms with Crippen molar-refractivity contribution in [2.24, 2.45) is 11.1 Å². The first-order valence-corrected chi connectivity index (χ1v) is 10.1. The fraction of sp³-hybridized carbons (Fsp3) is 0.435. The van der Waals surface area contributed by atoms with E-state index >= 15 is 0 Å². The SMILES string of the molecule is CC(C)(Cc1ccc(Cl)cc1C1(O)CCN(Cc2ccccc2)CC1)C(N)=O. The fourth-order valence-electron chi connectivity index (χ4n) is 3.89. The van der Waals surface area contributed by atoms with Crippen LogP contribution in [0.5, 0.6) is 0 Å². The first kappa shape index (κ1) is 20.8. The number of hydrogen-bond donors (Lipinski definition) is 2. The van der Waals surface area contributed by atoms with Crippen LogP contribution < -0.4 is 5.73 Å². The molecule has 1 aliphatic heterocycles. The molecule has 0 atom stereocenters. The molecular formula is C23H29ClN2O2. The summed E-state index contributed by atoms with van der Waals surface area (Å²) in [6.07, 6.45) is 1.74. The van der Waals surface area contributed by atoms with Crippen LogP contribution >= 0.6 is 11.6 Å². The number of nitrogens with two attached hydrogens (primary N) is 1. The number of nitrogens with zero attached hydrogens (tertiary/aromatic N) is 1. The molecule has 3 rings (SSSR count). The van der Waals surface area contributed by atoms with E-state index in [4.69, 9.17) is 17.3 Å². The molecule has 150 valence electrons. The van der Waals surface area contributed by atoms with E-state index in [1.165, 1.54) is 5.56 Å². The number of amides is 1. The normalized spacial score (nSPS) is 17.4. The molecule has 1 heterocycles. The average molecular weight is 401 g/mol. The molecule has 28 heavy (non-hydrogen) atoms. The summed E-state index contributed by atoms with van der Waals surface area (Å²) in [7, 11) is 0. The highest BCUT2D eigenvalue weighted by Crippen LogP contribution is 2.38. The smallest absolute Gasteiger partial charge is 0.223 e. The van der Waals surface area contributed by atoms with Crippen LogP contribution in [0.2, 0.25) is 5.02 Å². The number of rotatable bonds is 6. The molecule has 1 saturated heterocycles. The number of hydrogen-bond acceptors (Lipinski definition) is 3. The van der Waals surface area contributed by atoms with E-state index in [1.54, 1.807) is 0 Å². The summed E-state index contributed by atoms with van der Waals surface area (Å²) in [6.45, 7) is 6.15. The zero-order valence-corrected chi connectivity index (χ0v) is 17.4. The van der Waals surface area contributed by atoms with Gasteiger partial charge in [-0.3, -0.25) is 9.69 Å². The van der Waals surface area contributed by atoms with Gasteiger partial charge in [0.25, 0.3) is 0 Å². The van der Waals surface area contributed by atoms with Gasteiger partial charge in [-0.15, -0.1) is 0 Å². The third-order valence-corrected chi connectivity index (χ3v) is 6.04. The number of halogens is 1. The van der Waals surface area contributed by atoms with Gasteiger partial charge in [0.15, 0.2) is 0 Å². The van der Waals surface area contributed by atoms with E-state index in [2.05, 4.69) is 17.0 Å². The molecule has 1 fully saturated rings. The topological polar surface area (TPSA) is 66.6 Å². The minimum absolute atomic E-state index is 0.349. The Morgan fingerprint density at radius 2 is 1.82 bits per heavy atom. The highest BCUT2D eigenvalue weighted by molar-refractivity contribution is 6.30. The summed E-state index contributed by atoms with van der Waals surface area (Å²) >= 11 is 6.25. The van der Waals surface area contributed by atoms with Gasteiger partial charge < -0.3 is 10.8 Å². The van der Waals surface area contributed by atoms with Crippen LogP contribution in [0, 0.1) is 5.41 Å². The number of aliphatic hydroxyl groups is 1. The first-order chi connectivity index (χ1) is 13.2. The van der Waals surface area contributed by atoms with Crippen molar-refractivity contribution in [3.8, 4) is 0 Å². The van der Waals surface area contributed by atoms with Gasteiger partial charge in [-0.05, 0) is 48.1 Å². The second kappa shape index (κ2) is 8.24. The zero-order chi connectivity index (χ0) is 20.4. The van der Waals surface area contributed by atoms with Crippen molar-refractivity contribution >= 4 is 17.5 Å². The summed E-state index contributed by atoms with van der Waals surface area (Å²) in [5, 5.41) is 12.1. The molecule has 1 aliphatic rings. The molecule has 0 aromatic heterocycles. The molecule has 1 amide bonds. The maximum absolute atomic E-state index is 11.8. The summed E-state index contributed by atoms with van der Waals surface area (Å²) in [5.74, 6) is -0.349. The van der Waals surface area contributed by atoms with Crippen LogP contribution in [-0.2, 0) is 23.4 Å². The summed E-state index contributed by atoms with van der Waals surface area (Å²) in [4.78, 5) is 14.2. The van der Waals surface area contributed by atoms with Gasteiger partial charge in [-0.2, -0.15) is 0 Å². The Hall–Kier alpha value is -1.88. The van der Waals surface area contributed by atoms with Gasteiger partial charge in [0.2, 0.25) is 5.91 Å². The lowest BCUT2D eigenvalue weighted by molar-refractivity contribution is -0.126. The van der Waals surface area contributed by atoms with E-state index in [0.717, 1.165) is 30.8 Å². The maximum atomic E-state index is 11.8. The molecule has 3 N–H and O–H groups in total. The van der Waals surface area contributed by atoms with Crippen molar-refractivity contribution in [2.45, 2.75) is 45.3 Å². The van der Waals surface area contributed by atoms with Crippen LogP contribution in [0.1, 0.15) is 43.4 Å². The Morgan fingerprint density at radius 1 is 1.18 bits per heavy atom. The van der Waals surface area contributed by atoms with Crippen molar-refractivity contribution in [3.05, 3.63) is 70.2 Å². The van der Waals surface area contributed by atoms with Crippen LogP contribution in [0.3, 0.4) is 0 Å². The van der Waals surface area contributed by atoms with Crippen molar-refractivity contribution in [1.29, 1.82) is 0 Å². The number of primary amides is 1. The second-order valence-electron chi connectivity index (χ2n) is 8.52. The van der Waals surface area contributed by atoms with Crippen LogP contribution in [0.4, 0.5) is 0 Å². The minimum Gasteiger partial charge on any atom is -0.385 e. The van der Waals surface area contributed by atoms with Crippen molar-refractivity contribution in [2.75, 3.05) is 13.1 Å². The van der Waals surface area contributed by atoms with Crippen molar-refractivity contribution in [3.63, 3.8) is 0 Å². The standard InChI is InChI=1S/C23H29ClN2O2/c1-22(2,21(25)27)15-18-8-9-19(24)14-20(18)23(28)10-12-26(13-11-23)16-17-6-4-3-5-7-17/h3-9,14,28H,10-13,15-16H2,1-2H3,(H2,25,27). The molecule has 0 aliphatic carbocycles. The Labute approximate surface area is 172 Å². The number of piperidine rings is 1. The lowest BCUT2D eigenvalue weighted by Gasteiger charge is -2.40. The molecule has 4 nitrogen and oxygen atoms in total. The fourth-order valence-corrected chi connectivity index (χ4v) is 4.06. The number of carbonyl (C=O) groups excluding carboxylic acids is 1. The Morgan fingerprint density at radius 3 is 2.43 bits per heavy atom. The summed E-state index contributed by atoms with van der Waals surface area (Å²) in [6, 6.07) is 15.9. The number of benzene rings is 2. The van der Waals surface area contributed by atoms with Crippen LogP contribution in [0.15, 0.2) is 48.5 Å². The number of carbonyl (C=O) groups is 1. The highest BCUT2D eigenvalue weighted by atomic mass is 35.5. The Kier molecular flexibility index (Phi) is 6.13. The van der Waals surface area contributed by atoms with E-state index in [1.807, 2.05) is 50.2 Å². The molecule has 2 aromatic rings. The number of likely N-dealkylation sites (tertiary alicyclic amines) is 1. The Balaban J connectivity index is 1.77. The molecule has 0 unspecified atom stereocenters. The third-order valence-electron chi connectivity index (χ3n) is 5.80. The summed E-state index contributed by atoms with van der Waals surface area (Å²) in [5.41, 5.74) is 6.98. The Bertz CT molecular complexity index is 828. The predicted octanol–water partition coefficient (Wildman–Crippen LogP) is 3.88. The van der Waals surface area contributed by atoms with E-state index < -0.39 is 11.0 Å². The molecule has 5 heteroatoms. The van der Waals surface area contributed by atoms with Gasteiger partial charge in [-0.25, -0.2) is 0 Å². The van der Waals surface area contributed by atoms with Crippen molar-refractivity contribution in [1.82, 2.24) is 4.90 Å². The highest BCUT2D eigenvalue weighted by Gasteiger charge is 2.37. The van der Waals surface area contributed by atoms with E-state index in [-0.39, 0.29) is 5.91 Å². The van der Waals surface area contributed by atoms with Gasteiger partial charge in [-0.1, -0.05) is 61.8 Å². The quantitative estimate of drug-likeness (QED) is 0.773. The van der Waals surface area contributed by atoms with Gasteiger partial charge >= 0.3 is 0 Å². The largest absolute Gasteiger partial charge is 0.385 e. The summed E-state index contributed by atoms with van der Waals surface area (Å²) < 4.78 is 0. The van der Waals surface area contributed by atoms with Crippen LogP contribution in [-0.4, -0.2) is 29.0 Å². The molecule has 0 bridgehead atoms. The molecule has 0 radical (unpaired) electrons. The molecule has 0 spiro atoms. The minimum atomic E-state index is -0.943. The predicted molar refractivity (Wildman–Crippen MR) is 113 cm³/mol. The van der Waals surface area contributed by atoms with E-state index in [0.29, 0.717) is 24.3 Å². The lowest BCUT2D eigenvalue weighted by atomic mass is 9.77. The second-order valence-corrected chi connectivity index (χ2v) is 8.96. The lowest BCUT2D eigenvalue weighted by Crippen LogP contribution is -2.43. The molecule has 2 aromatic carbocycles. The zero-order valence-electron chi connectivity index (χ0n) is 16.6. The van der Waals surface area contributed by atoms with E-state index in [9.17, 15) is 9.90 Å². The van der Waals surface area contributed by atoms with Crippen LogP contribution in [0.25, 0.3) is 0 Å². The van der Waals surface area contributed by atoms with Crippen molar-refractivity contribution < 1.29 is 9.90 Å². The first-order valence-electron chi connectivity index (χ1n) is 9.77. The maximum Gasteiger partial charge on any atom is 0.223 e. The van der Waals surface area contributed by atoms with Gasteiger partial charge in [0.05, 0.1) is 5.60 Å².